The van der Waals surface area contributed by atoms with E-state index in [0.29, 0.717) is 0 Å². The van der Waals surface area contributed by atoms with Crippen molar-refractivity contribution < 1.29 is 9.57 Å². The van der Waals surface area contributed by atoms with Crippen molar-refractivity contribution in [3.05, 3.63) is 67.0 Å². The summed E-state index contributed by atoms with van der Waals surface area (Å²) in [5.41, 5.74) is 3.44. The first-order valence-corrected chi connectivity index (χ1v) is 6.32. The number of rotatable bonds is 3. The van der Waals surface area contributed by atoms with Crippen molar-refractivity contribution in [3.63, 3.8) is 0 Å². The minimum Gasteiger partial charge on any atom is -0.274 e. The third kappa shape index (κ3) is 2.36. The van der Waals surface area contributed by atoms with Crippen molar-refractivity contribution in [2.45, 2.75) is 0 Å². The van der Waals surface area contributed by atoms with Gasteiger partial charge in [-0.15, -0.1) is 0 Å². The van der Waals surface area contributed by atoms with E-state index in [0.717, 1.165) is 22.8 Å². The lowest BCUT2D eigenvalue weighted by molar-refractivity contribution is -0.877. The molecule has 0 fully saturated rings. The van der Waals surface area contributed by atoms with Gasteiger partial charge in [-0.25, -0.2) is 4.98 Å². The molecule has 0 N–H and O–H groups in total. The highest BCUT2D eigenvalue weighted by Crippen LogP contribution is 2.18. The fraction of sp³-hybridized carbons (Fsp3) is 0.0625. The van der Waals surface area contributed by atoms with E-state index < -0.39 is 0 Å². The molecule has 0 aliphatic carbocycles. The third-order valence-electron chi connectivity index (χ3n) is 2.96. The van der Waals surface area contributed by atoms with Crippen LogP contribution in [0.25, 0.3) is 22.8 Å². The average molecular weight is 264 g/mol. The van der Waals surface area contributed by atoms with E-state index in [9.17, 15) is 0 Å². The van der Waals surface area contributed by atoms with Crippen molar-refractivity contribution in [1.29, 1.82) is 0 Å². The van der Waals surface area contributed by atoms with E-state index in [2.05, 4.69) is 9.97 Å². The van der Waals surface area contributed by atoms with Gasteiger partial charge < -0.3 is 0 Å². The fourth-order valence-electron chi connectivity index (χ4n) is 2.02. The SMILES string of the molecule is CO[n+]1ccccc1-c1cccc(-c2ccccn2)n1. The van der Waals surface area contributed by atoms with Crippen LogP contribution < -0.4 is 9.57 Å². The monoisotopic (exact) mass is 264 g/mol. The second-order valence-electron chi connectivity index (χ2n) is 4.22. The van der Waals surface area contributed by atoms with Crippen LogP contribution in [0.5, 0.6) is 0 Å². The first-order valence-electron chi connectivity index (χ1n) is 6.32. The van der Waals surface area contributed by atoms with Crippen molar-refractivity contribution in [3.8, 4) is 22.8 Å². The van der Waals surface area contributed by atoms with Crippen LogP contribution in [0, 0.1) is 0 Å². The average Bonchev–Trinajstić information content (AvgIpc) is 2.56. The second-order valence-corrected chi connectivity index (χ2v) is 4.22. The molecule has 0 saturated carbocycles. The molecule has 0 bridgehead atoms. The summed E-state index contributed by atoms with van der Waals surface area (Å²) in [7, 11) is 1.63. The van der Waals surface area contributed by atoms with Gasteiger partial charge in [0, 0.05) is 23.1 Å². The molecule has 0 spiro atoms. The molecule has 0 unspecified atom stereocenters. The van der Waals surface area contributed by atoms with Gasteiger partial charge in [-0.2, -0.15) is 0 Å². The molecular formula is C16H14N3O+. The summed E-state index contributed by atoms with van der Waals surface area (Å²) in [4.78, 5) is 14.3. The van der Waals surface area contributed by atoms with E-state index in [4.69, 9.17) is 4.84 Å². The summed E-state index contributed by atoms with van der Waals surface area (Å²) in [6.45, 7) is 0. The topological polar surface area (TPSA) is 38.9 Å². The van der Waals surface area contributed by atoms with Crippen LogP contribution in [0.1, 0.15) is 0 Å². The molecule has 4 heteroatoms. The van der Waals surface area contributed by atoms with Crippen molar-refractivity contribution >= 4 is 0 Å². The minimum absolute atomic E-state index is 0.842. The maximum Gasteiger partial charge on any atom is 0.282 e. The smallest absolute Gasteiger partial charge is 0.274 e. The number of hydrogen-bond donors (Lipinski definition) is 0. The Labute approximate surface area is 117 Å². The van der Waals surface area contributed by atoms with Gasteiger partial charge in [0.2, 0.25) is 6.20 Å². The van der Waals surface area contributed by atoms with Gasteiger partial charge in [-0.1, -0.05) is 12.1 Å². The maximum absolute atomic E-state index is 5.31. The Morgan fingerprint density at radius 1 is 0.850 bits per heavy atom. The summed E-state index contributed by atoms with van der Waals surface area (Å²) in [5.74, 6) is 0. The number of hydrogen-bond acceptors (Lipinski definition) is 3. The zero-order valence-electron chi connectivity index (χ0n) is 11.1. The van der Waals surface area contributed by atoms with Gasteiger partial charge in [0.05, 0.1) is 11.4 Å². The normalized spacial score (nSPS) is 10.2. The highest BCUT2D eigenvalue weighted by molar-refractivity contribution is 5.59. The molecule has 0 radical (unpaired) electrons. The molecule has 0 saturated heterocycles. The van der Waals surface area contributed by atoms with Crippen LogP contribution in [0.2, 0.25) is 0 Å². The fourth-order valence-corrected chi connectivity index (χ4v) is 2.02. The summed E-state index contributed by atoms with van der Waals surface area (Å²) in [6.07, 6.45) is 3.62. The summed E-state index contributed by atoms with van der Waals surface area (Å²) in [5, 5.41) is 0. The molecule has 0 aliphatic rings. The third-order valence-corrected chi connectivity index (χ3v) is 2.96. The standard InChI is InChI=1S/C16H14N3O/c1-20-19-12-5-3-10-16(19)15-9-6-8-14(18-15)13-7-2-4-11-17-13/h2-12H,1H3/q+1. The Morgan fingerprint density at radius 2 is 1.65 bits per heavy atom. The number of nitrogens with zero attached hydrogens (tertiary/aromatic N) is 3. The van der Waals surface area contributed by atoms with E-state index >= 15 is 0 Å². The molecule has 3 aromatic heterocycles. The number of aromatic nitrogens is 3. The zero-order valence-corrected chi connectivity index (χ0v) is 11.1. The largest absolute Gasteiger partial charge is 0.282 e. The Bertz CT molecular complexity index is 714. The van der Waals surface area contributed by atoms with E-state index in [-0.39, 0.29) is 0 Å². The van der Waals surface area contributed by atoms with E-state index in [1.165, 1.54) is 0 Å². The first-order chi connectivity index (χ1) is 9.88. The van der Waals surface area contributed by atoms with Crippen molar-refractivity contribution in [1.82, 2.24) is 9.97 Å². The Hall–Kier alpha value is -2.75. The zero-order chi connectivity index (χ0) is 13.8. The predicted molar refractivity (Wildman–Crippen MR) is 75.6 cm³/mol. The van der Waals surface area contributed by atoms with Gasteiger partial charge in [0.25, 0.3) is 5.69 Å². The summed E-state index contributed by atoms with van der Waals surface area (Å²) < 4.78 is 1.69. The lowest BCUT2D eigenvalue weighted by atomic mass is 10.2. The summed E-state index contributed by atoms with van der Waals surface area (Å²) >= 11 is 0. The molecule has 20 heavy (non-hydrogen) atoms. The molecule has 3 rings (SSSR count). The minimum atomic E-state index is 0.842. The van der Waals surface area contributed by atoms with Gasteiger partial charge in [0.15, 0.2) is 0 Å². The Morgan fingerprint density at radius 3 is 2.45 bits per heavy atom. The molecule has 98 valence electrons. The van der Waals surface area contributed by atoms with Crippen LogP contribution >= 0.6 is 0 Å². The molecule has 0 aromatic carbocycles. The second kappa shape index (κ2) is 5.48. The van der Waals surface area contributed by atoms with Crippen LogP contribution in [0.15, 0.2) is 67.0 Å². The van der Waals surface area contributed by atoms with Gasteiger partial charge >= 0.3 is 0 Å². The maximum atomic E-state index is 5.31. The van der Waals surface area contributed by atoms with Crippen LogP contribution in [0.4, 0.5) is 0 Å². The van der Waals surface area contributed by atoms with Gasteiger partial charge in [-0.05, 0) is 30.3 Å². The molecule has 4 nitrogen and oxygen atoms in total. The predicted octanol–water partition coefficient (Wildman–Crippen LogP) is 2.16. The van der Waals surface area contributed by atoms with E-state index in [1.54, 1.807) is 18.0 Å². The molecule has 0 atom stereocenters. The van der Waals surface area contributed by atoms with Crippen LogP contribution in [-0.2, 0) is 0 Å². The molecular weight excluding hydrogens is 250 g/mol. The lowest BCUT2D eigenvalue weighted by Gasteiger charge is -2.03. The van der Waals surface area contributed by atoms with Crippen molar-refractivity contribution in [2.24, 2.45) is 0 Å². The molecule has 3 aromatic rings. The molecule has 3 heterocycles. The Balaban J connectivity index is 2.08. The first kappa shape index (κ1) is 12.3. The van der Waals surface area contributed by atoms with Gasteiger partial charge in [0.1, 0.15) is 12.8 Å². The van der Waals surface area contributed by atoms with Crippen LogP contribution in [-0.4, -0.2) is 17.1 Å². The number of pyridine rings is 3. The van der Waals surface area contributed by atoms with Crippen molar-refractivity contribution in [2.75, 3.05) is 7.11 Å². The van der Waals surface area contributed by atoms with Gasteiger partial charge in [-0.3, -0.25) is 9.82 Å². The highest BCUT2D eigenvalue weighted by atomic mass is 16.6. The summed E-state index contributed by atoms with van der Waals surface area (Å²) in [6, 6.07) is 17.5. The highest BCUT2D eigenvalue weighted by Gasteiger charge is 2.15. The molecule has 0 aliphatic heterocycles. The molecule has 0 amide bonds. The quantitative estimate of drug-likeness (QED) is 0.680. The lowest BCUT2D eigenvalue weighted by Crippen LogP contribution is -2.42. The van der Waals surface area contributed by atoms with E-state index in [1.807, 2.05) is 60.8 Å². The van der Waals surface area contributed by atoms with Crippen LogP contribution in [0.3, 0.4) is 0 Å². The Kier molecular flexibility index (Phi) is 3.37.